The Morgan fingerprint density at radius 1 is 1.25 bits per heavy atom. The maximum Gasteiger partial charge on any atom is 0.133 e. The first kappa shape index (κ1) is 13.7. The fourth-order valence-electron chi connectivity index (χ4n) is 2.87. The van der Waals surface area contributed by atoms with E-state index in [9.17, 15) is 0 Å². The van der Waals surface area contributed by atoms with Gasteiger partial charge in [0.15, 0.2) is 0 Å². The molecule has 3 rings (SSSR count). The molecule has 0 saturated carbocycles. The number of hydrogen-bond acceptors (Lipinski definition) is 2. The Morgan fingerprint density at radius 3 is 2.80 bits per heavy atom. The second-order valence-electron chi connectivity index (χ2n) is 5.70. The van der Waals surface area contributed by atoms with Crippen molar-refractivity contribution < 1.29 is 4.74 Å². The fourth-order valence-corrected chi connectivity index (χ4v) is 3.21. The van der Waals surface area contributed by atoms with Crippen LogP contribution in [0.25, 0.3) is 0 Å². The number of halogens is 1. The second kappa shape index (κ2) is 4.90. The van der Waals surface area contributed by atoms with E-state index in [0.717, 1.165) is 22.2 Å². The summed E-state index contributed by atoms with van der Waals surface area (Å²) >= 11 is 3.49. The molecule has 0 bridgehead atoms. The van der Waals surface area contributed by atoms with Gasteiger partial charge in [0.1, 0.15) is 11.4 Å². The summed E-state index contributed by atoms with van der Waals surface area (Å²) in [7, 11) is 0. The molecule has 3 heteroatoms. The van der Waals surface area contributed by atoms with Gasteiger partial charge in [-0.3, -0.25) is 0 Å². The lowest BCUT2D eigenvalue weighted by Crippen LogP contribution is -2.38. The molecule has 1 heterocycles. The van der Waals surface area contributed by atoms with Gasteiger partial charge in [-0.25, -0.2) is 0 Å². The Bertz CT molecular complexity index is 655. The van der Waals surface area contributed by atoms with Crippen molar-refractivity contribution in [2.24, 2.45) is 5.73 Å². The van der Waals surface area contributed by atoms with Crippen molar-refractivity contribution >= 4 is 15.9 Å². The van der Waals surface area contributed by atoms with Gasteiger partial charge in [0.25, 0.3) is 0 Å². The van der Waals surface area contributed by atoms with Crippen LogP contribution in [0.3, 0.4) is 0 Å². The minimum atomic E-state index is -0.376. The van der Waals surface area contributed by atoms with Crippen molar-refractivity contribution in [2.45, 2.75) is 31.9 Å². The molecule has 0 radical (unpaired) electrons. The Kier molecular flexibility index (Phi) is 3.35. The largest absolute Gasteiger partial charge is 0.482 e. The van der Waals surface area contributed by atoms with Crippen LogP contribution in [0.5, 0.6) is 5.75 Å². The summed E-state index contributed by atoms with van der Waals surface area (Å²) in [5, 5.41) is 0. The zero-order valence-electron chi connectivity index (χ0n) is 11.7. The van der Waals surface area contributed by atoms with Gasteiger partial charge >= 0.3 is 0 Å². The summed E-state index contributed by atoms with van der Waals surface area (Å²) in [4.78, 5) is 0. The fraction of sp³-hybridized carbons (Fsp3) is 0.294. The van der Waals surface area contributed by atoms with E-state index in [0.29, 0.717) is 0 Å². The van der Waals surface area contributed by atoms with Gasteiger partial charge in [-0.05, 0) is 31.5 Å². The lowest BCUT2D eigenvalue weighted by molar-refractivity contribution is 0.0510. The summed E-state index contributed by atoms with van der Waals surface area (Å²) in [5.41, 5.74) is 9.47. The highest BCUT2D eigenvalue weighted by Gasteiger charge is 2.37. The average molecular weight is 332 g/mol. The van der Waals surface area contributed by atoms with Crippen molar-refractivity contribution in [2.75, 3.05) is 0 Å². The highest BCUT2D eigenvalue weighted by molar-refractivity contribution is 9.10. The second-order valence-corrected chi connectivity index (χ2v) is 6.61. The van der Waals surface area contributed by atoms with Crippen LogP contribution in [-0.4, -0.2) is 0 Å². The zero-order valence-corrected chi connectivity index (χ0v) is 13.3. The van der Waals surface area contributed by atoms with E-state index >= 15 is 0 Å². The van der Waals surface area contributed by atoms with Crippen LogP contribution < -0.4 is 10.5 Å². The lowest BCUT2D eigenvalue weighted by atomic mass is 9.83. The summed E-state index contributed by atoms with van der Waals surface area (Å²) < 4.78 is 7.31. The predicted octanol–water partition coefficient (Wildman–Crippen LogP) is 4.46. The molecule has 20 heavy (non-hydrogen) atoms. The Balaban J connectivity index is 2.05. The molecule has 104 valence electrons. The standard InChI is InChI=1S/C17H18BrNO/c1-11-4-3-5-12(8-11)17(2)10-15(19)14-7-6-13(18)9-16(14)20-17/h3-9,15H,10,19H2,1-2H3/t15-,17?/m0/s1. The Morgan fingerprint density at radius 2 is 2.05 bits per heavy atom. The van der Waals surface area contributed by atoms with Gasteiger partial charge in [-0.15, -0.1) is 0 Å². The first-order valence-electron chi connectivity index (χ1n) is 6.79. The van der Waals surface area contributed by atoms with E-state index < -0.39 is 0 Å². The van der Waals surface area contributed by atoms with Gasteiger partial charge in [-0.2, -0.15) is 0 Å². The number of rotatable bonds is 1. The van der Waals surface area contributed by atoms with Crippen LogP contribution in [0.15, 0.2) is 46.9 Å². The van der Waals surface area contributed by atoms with Crippen LogP contribution in [-0.2, 0) is 5.60 Å². The lowest BCUT2D eigenvalue weighted by Gasteiger charge is -2.39. The van der Waals surface area contributed by atoms with Gasteiger partial charge in [-0.1, -0.05) is 51.8 Å². The van der Waals surface area contributed by atoms with Crippen molar-refractivity contribution in [3.63, 3.8) is 0 Å². The monoisotopic (exact) mass is 331 g/mol. The van der Waals surface area contributed by atoms with Gasteiger partial charge < -0.3 is 10.5 Å². The normalized spacial score (nSPS) is 24.9. The van der Waals surface area contributed by atoms with Gasteiger partial charge in [0, 0.05) is 22.5 Å². The average Bonchev–Trinajstić information content (AvgIpc) is 2.38. The molecule has 0 aromatic heterocycles. The van der Waals surface area contributed by atoms with E-state index in [1.54, 1.807) is 0 Å². The predicted molar refractivity (Wildman–Crippen MR) is 84.8 cm³/mol. The summed E-state index contributed by atoms with van der Waals surface area (Å²) in [6.45, 7) is 4.21. The molecule has 2 aromatic carbocycles. The molecule has 0 amide bonds. The number of nitrogens with two attached hydrogens (primary N) is 1. The molecule has 1 unspecified atom stereocenters. The van der Waals surface area contributed by atoms with E-state index in [-0.39, 0.29) is 11.6 Å². The van der Waals surface area contributed by atoms with Gasteiger partial charge in [0.05, 0.1) is 0 Å². The maximum absolute atomic E-state index is 6.35. The van der Waals surface area contributed by atoms with Crippen LogP contribution >= 0.6 is 15.9 Å². The van der Waals surface area contributed by atoms with Gasteiger partial charge in [0.2, 0.25) is 0 Å². The van der Waals surface area contributed by atoms with Crippen molar-refractivity contribution in [3.8, 4) is 5.75 Å². The van der Waals surface area contributed by atoms with Crippen LogP contribution in [0, 0.1) is 6.92 Å². The molecule has 2 aromatic rings. The van der Waals surface area contributed by atoms with E-state index in [1.807, 2.05) is 18.2 Å². The number of aryl methyl sites for hydroxylation is 1. The molecule has 2 atom stereocenters. The minimum absolute atomic E-state index is 0.00244. The molecule has 0 fully saturated rings. The molecule has 1 aliphatic heterocycles. The Hall–Kier alpha value is -1.32. The van der Waals surface area contributed by atoms with Crippen LogP contribution in [0.1, 0.15) is 36.1 Å². The topological polar surface area (TPSA) is 35.2 Å². The number of benzene rings is 2. The first-order chi connectivity index (χ1) is 9.48. The summed E-state index contributed by atoms with van der Waals surface area (Å²) in [6, 6.07) is 14.5. The molecule has 0 spiro atoms. The maximum atomic E-state index is 6.35. The minimum Gasteiger partial charge on any atom is -0.482 e. The quantitative estimate of drug-likeness (QED) is 0.837. The summed E-state index contributed by atoms with van der Waals surface area (Å²) in [5.74, 6) is 0.877. The van der Waals surface area contributed by atoms with Crippen LogP contribution in [0.2, 0.25) is 0 Å². The van der Waals surface area contributed by atoms with E-state index in [4.69, 9.17) is 10.5 Å². The van der Waals surface area contributed by atoms with E-state index in [2.05, 4.69) is 54.0 Å². The molecular weight excluding hydrogens is 314 g/mol. The molecule has 0 saturated heterocycles. The van der Waals surface area contributed by atoms with Crippen molar-refractivity contribution in [1.29, 1.82) is 0 Å². The molecule has 2 N–H and O–H groups in total. The highest BCUT2D eigenvalue weighted by Crippen LogP contribution is 2.44. The molecule has 2 nitrogen and oxygen atoms in total. The number of ether oxygens (including phenoxy) is 1. The molecular formula is C17H18BrNO. The molecule has 0 aliphatic carbocycles. The third kappa shape index (κ3) is 2.36. The molecule has 1 aliphatic rings. The zero-order chi connectivity index (χ0) is 14.3. The third-order valence-electron chi connectivity index (χ3n) is 3.95. The SMILES string of the molecule is Cc1cccc(C2(C)C[C@H](N)c3ccc(Br)cc3O2)c1. The van der Waals surface area contributed by atoms with E-state index in [1.165, 1.54) is 11.1 Å². The third-order valence-corrected chi connectivity index (χ3v) is 4.44. The number of fused-ring (bicyclic) bond motifs is 1. The first-order valence-corrected chi connectivity index (χ1v) is 7.58. The number of hydrogen-bond donors (Lipinski definition) is 1. The highest BCUT2D eigenvalue weighted by atomic mass is 79.9. The van der Waals surface area contributed by atoms with Crippen LogP contribution in [0.4, 0.5) is 0 Å². The summed E-state index contributed by atoms with van der Waals surface area (Å²) in [6.07, 6.45) is 0.783. The smallest absolute Gasteiger partial charge is 0.133 e. The van der Waals surface area contributed by atoms with Crippen molar-refractivity contribution in [1.82, 2.24) is 0 Å². The Labute approximate surface area is 128 Å². The van der Waals surface area contributed by atoms with Crippen molar-refractivity contribution in [3.05, 3.63) is 63.6 Å².